The third-order valence-electron chi connectivity index (χ3n) is 3.29. The molecule has 0 fully saturated rings. The zero-order valence-electron chi connectivity index (χ0n) is 12.7. The molecule has 2 heterocycles. The van der Waals surface area contributed by atoms with Gasteiger partial charge < -0.3 is 9.88 Å². The van der Waals surface area contributed by atoms with E-state index in [1.165, 1.54) is 12.4 Å². The predicted molar refractivity (Wildman–Crippen MR) is 83.7 cm³/mol. The molecule has 0 aliphatic carbocycles. The van der Waals surface area contributed by atoms with E-state index in [4.69, 9.17) is 0 Å². The summed E-state index contributed by atoms with van der Waals surface area (Å²) in [5.41, 5.74) is 1.27. The van der Waals surface area contributed by atoms with Crippen molar-refractivity contribution >= 4 is 5.91 Å². The fraction of sp³-hybridized carbons (Fsp3) is 0.375. The number of aromatic nitrogens is 3. The van der Waals surface area contributed by atoms with Crippen molar-refractivity contribution in [3.63, 3.8) is 0 Å². The van der Waals surface area contributed by atoms with Gasteiger partial charge in [0, 0.05) is 31.5 Å². The van der Waals surface area contributed by atoms with E-state index in [1.54, 1.807) is 23.0 Å². The lowest BCUT2D eigenvalue weighted by molar-refractivity contribution is 0.0951. The molecule has 6 heteroatoms. The van der Waals surface area contributed by atoms with Gasteiger partial charge in [-0.05, 0) is 18.9 Å². The van der Waals surface area contributed by atoms with Gasteiger partial charge in [-0.3, -0.25) is 9.59 Å². The van der Waals surface area contributed by atoms with Gasteiger partial charge in [-0.15, -0.1) is 0 Å². The normalized spacial score (nSPS) is 10.4. The summed E-state index contributed by atoms with van der Waals surface area (Å²) < 4.78 is 1.63. The summed E-state index contributed by atoms with van der Waals surface area (Å²) in [5.74, 6) is -0.163. The zero-order valence-corrected chi connectivity index (χ0v) is 12.7. The first-order valence-corrected chi connectivity index (χ1v) is 7.45. The third-order valence-corrected chi connectivity index (χ3v) is 3.29. The Morgan fingerprint density at radius 1 is 1.36 bits per heavy atom. The lowest BCUT2D eigenvalue weighted by Gasteiger charge is -2.09. The van der Waals surface area contributed by atoms with Crippen LogP contribution in [0, 0.1) is 0 Å². The van der Waals surface area contributed by atoms with Gasteiger partial charge in [0.2, 0.25) is 5.56 Å². The van der Waals surface area contributed by atoms with Gasteiger partial charge in [0.1, 0.15) is 6.33 Å². The fourth-order valence-electron chi connectivity index (χ4n) is 2.17. The molecule has 0 aromatic carbocycles. The Labute approximate surface area is 129 Å². The summed E-state index contributed by atoms with van der Waals surface area (Å²) in [4.78, 5) is 31.8. The largest absolute Gasteiger partial charge is 0.352 e. The number of nitrogens with one attached hydrogen (secondary N) is 1. The van der Waals surface area contributed by atoms with E-state index in [-0.39, 0.29) is 11.5 Å². The molecule has 6 nitrogen and oxygen atoms in total. The van der Waals surface area contributed by atoms with Crippen LogP contribution in [0.3, 0.4) is 0 Å². The summed E-state index contributed by atoms with van der Waals surface area (Å²) in [7, 11) is 0. The summed E-state index contributed by atoms with van der Waals surface area (Å²) in [6.45, 7) is 3.12. The molecule has 0 bridgehead atoms. The Morgan fingerprint density at radius 2 is 2.23 bits per heavy atom. The molecule has 2 aromatic heterocycles. The van der Waals surface area contributed by atoms with Gasteiger partial charge in [-0.2, -0.15) is 0 Å². The molecule has 2 aromatic rings. The monoisotopic (exact) mass is 300 g/mol. The quantitative estimate of drug-likeness (QED) is 0.784. The van der Waals surface area contributed by atoms with Crippen molar-refractivity contribution in [2.75, 3.05) is 6.54 Å². The first-order chi connectivity index (χ1) is 10.7. The van der Waals surface area contributed by atoms with Crippen LogP contribution < -0.4 is 10.9 Å². The minimum Gasteiger partial charge on any atom is -0.352 e. The van der Waals surface area contributed by atoms with Crippen molar-refractivity contribution in [3.05, 3.63) is 58.5 Å². The van der Waals surface area contributed by atoms with Crippen molar-refractivity contribution in [3.8, 4) is 0 Å². The van der Waals surface area contributed by atoms with Crippen LogP contribution in [0.2, 0.25) is 0 Å². The van der Waals surface area contributed by atoms with Crippen LogP contribution in [-0.2, 0) is 13.0 Å². The highest BCUT2D eigenvalue weighted by Crippen LogP contribution is 2.06. The molecule has 1 N–H and O–H groups in total. The summed E-state index contributed by atoms with van der Waals surface area (Å²) in [5, 5.41) is 2.85. The number of rotatable bonds is 7. The highest BCUT2D eigenvalue weighted by molar-refractivity contribution is 5.94. The Kier molecular flexibility index (Phi) is 5.82. The number of carbonyl (C=O) groups is 1. The summed E-state index contributed by atoms with van der Waals surface area (Å²) in [6.07, 6.45) is 7.12. The number of aryl methyl sites for hydroxylation is 2. The average molecular weight is 300 g/mol. The summed E-state index contributed by atoms with van der Waals surface area (Å²) >= 11 is 0. The smallest absolute Gasteiger partial charge is 0.254 e. The molecule has 0 saturated carbocycles. The van der Waals surface area contributed by atoms with Gasteiger partial charge in [-0.1, -0.05) is 19.4 Å². The van der Waals surface area contributed by atoms with Crippen molar-refractivity contribution < 1.29 is 4.79 Å². The van der Waals surface area contributed by atoms with Crippen LogP contribution in [0.25, 0.3) is 0 Å². The molecule has 0 spiro atoms. The van der Waals surface area contributed by atoms with Gasteiger partial charge in [0.05, 0.1) is 11.3 Å². The number of hydrogen-bond acceptors (Lipinski definition) is 4. The molecule has 0 radical (unpaired) electrons. The fourth-order valence-corrected chi connectivity index (χ4v) is 2.17. The number of pyridine rings is 1. The standard InChI is InChI=1S/C16H20N4O2/c1-2-6-14-13(11-17-12-19-14)16(22)18-8-5-10-20-9-4-3-7-15(20)21/h3-4,7,9,11-12H,2,5-6,8,10H2,1H3,(H,18,22). The van der Waals surface area contributed by atoms with E-state index in [9.17, 15) is 9.59 Å². The Bertz CT molecular complexity index is 682. The Hall–Kier alpha value is -2.50. The second-order valence-electron chi connectivity index (χ2n) is 4.97. The highest BCUT2D eigenvalue weighted by atomic mass is 16.1. The molecule has 0 aliphatic rings. The molecule has 116 valence electrons. The first-order valence-electron chi connectivity index (χ1n) is 7.45. The minimum atomic E-state index is -0.163. The van der Waals surface area contributed by atoms with Gasteiger partial charge >= 0.3 is 0 Å². The maximum absolute atomic E-state index is 12.2. The molecule has 1 amide bonds. The van der Waals surface area contributed by atoms with Crippen LogP contribution in [0.15, 0.2) is 41.7 Å². The van der Waals surface area contributed by atoms with Gasteiger partial charge in [0.25, 0.3) is 5.91 Å². The van der Waals surface area contributed by atoms with Crippen molar-refractivity contribution in [1.82, 2.24) is 19.9 Å². The van der Waals surface area contributed by atoms with E-state index < -0.39 is 0 Å². The van der Waals surface area contributed by atoms with Gasteiger partial charge in [-0.25, -0.2) is 9.97 Å². The SMILES string of the molecule is CCCc1ncncc1C(=O)NCCCn1ccccc1=O. The van der Waals surface area contributed by atoms with E-state index in [0.717, 1.165) is 18.5 Å². The Morgan fingerprint density at radius 3 is 3.00 bits per heavy atom. The molecular formula is C16H20N4O2. The lowest BCUT2D eigenvalue weighted by Crippen LogP contribution is -2.28. The van der Waals surface area contributed by atoms with Crippen LogP contribution in [0.5, 0.6) is 0 Å². The molecule has 0 saturated heterocycles. The highest BCUT2D eigenvalue weighted by Gasteiger charge is 2.11. The van der Waals surface area contributed by atoms with E-state index in [2.05, 4.69) is 15.3 Å². The molecular weight excluding hydrogens is 280 g/mol. The first kappa shape index (κ1) is 15.9. The maximum atomic E-state index is 12.2. The second kappa shape index (κ2) is 8.07. The van der Waals surface area contributed by atoms with Crippen molar-refractivity contribution in [2.45, 2.75) is 32.7 Å². The maximum Gasteiger partial charge on any atom is 0.254 e. The van der Waals surface area contributed by atoms with Crippen molar-refractivity contribution in [1.29, 1.82) is 0 Å². The Balaban J connectivity index is 1.86. The summed E-state index contributed by atoms with van der Waals surface area (Å²) in [6, 6.07) is 5.06. The van der Waals surface area contributed by atoms with Gasteiger partial charge in [0.15, 0.2) is 0 Å². The average Bonchev–Trinajstić information content (AvgIpc) is 2.54. The van der Waals surface area contributed by atoms with Crippen LogP contribution in [0.4, 0.5) is 0 Å². The van der Waals surface area contributed by atoms with Crippen LogP contribution in [-0.4, -0.2) is 27.0 Å². The van der Waals surface area contributed by atoms with Crippen LogP contribution in [0.1, 0.15) is 35.8 Å². The topological polar surface area (TPSA) is 76.9 Å². The van der Waals surface area contributed by atoms with Crippen molar-refractivity contribution in [2.24, 2.45) is 0 Å². The second-order valence-corrected chi connectivity index (χ2v) is 4.97. The molecule has 2 rings (SSSR count). The third kappa shape index (κ3) is 4.25. The van der Waals surface area contributed by atoms with E-state index in [0.29, 0.717) is 25.1 Å². The number of nitrogens with zero attached hydrogens (tertiary/aromatic N) is 3. The molecule has 0 unspecified atom stereocenters. The van der Waals surface area contributed by atoms with E-state index >= 15 is 0 Å². The zero-order chi connectivity index (χ0) is 15.8. The van der Waals surface area contributed by atoms with E-state index in [1.807, 2.05) is 13.0 Å². The van der Waals surface area contributed by atoms with Crippen LogP contribution >= 0.6 is 0 Å². The number of hydrogen-bond donors (Lipinski definition) is 1. The number of carbonyl (C=O) groups excluding carboxylic acids is 1. The lowest BCUT2D eigenvalue weighted by atomic mass is 10.1. The number of amides is 1. The molecule has 0 atom stereocenters. The minimum absolute atomic E-state index is 0.0319. The molecule has 0 aliphatic heterocycles. The predicted octanol–water partition coefficient (Wildman–Crippen LogP) is 1.41. The molecule has 22 heavy (non-hydrogen) atoms.